The number of hydrogen-bond acceptors (Lipinski definition) is 4. The first-order valence-corrected chi connectivity index (χ1v) is 6.02. The van der Waals surface area contributed by atoms with Crippen LogP contribution in [0.1, 0.15) is 10.4 Å². The summed E-state index contributed by atoms with van der Waals surface area (Å²) >= 11 is 3.32. The maximum atomic E-state index is 12.0. The number of methoxy groups -OCH3 is 1. The molecule has 0 aromatic carbocycles. The molecule has 0 spiro atoms. The highest BCUT2D eigenvalue weighted by atomic mass is 79.9. The highest BCUT2D eigenvalue weighted by Gasteiger charge is 2.14. The van der Waals surface area contributed by atoms with Crippen LogP contribution >= 0.6 is 15.9 Å². The zero-order valence-electron chi connectivity index (χ0n) is 9.10. The standard InChI is InChI=1S/C10H14BrN3O2/c1-16-7-6-14(5-3-11)10(15)9-2-4-12-13-8-9/h2,4,8H,3,5-7H2,1H3. The molecule has 0 aliphatic carbocycles. The Balaban J connectivity index is 2.67. The lowest BCUT2D eigenvalue weighted by Crippen LogP contribution is -2.35. The highest BCUT2D eigenvalue weighted by molar-refractivity contribution is 9.09. The summed E-state index contributed by atoms with van der Waals surface area (Å²) in [5.74, 6) is -0.0496. The van der Waals surface area contributed by atoms with Crippen LogP contribution in [-0.2, 0) is 4.74 Å². The number of nitrogens with zero attached hydrogens (tertiary/aromatic N) is 3. The van der Waals surface area contributed by atoms with Crippen molar-refractivity contribution < 1.29 is 9.53 Å². The van der Waals surface area contributed by atoms with Crippen molar-refractivity contribution in [3.8, 4) is 0 Å². The van der Waals surface area contributed by atoms with Gasteiger partial charge in [0.25, 0.3) is 5.91 Å². The van der Waals surface area contributed by atoms with Gasteiger partial charge in [-0.15, -0.1) is 0 Å². The quantitative estimate of drug-likeness (QED) is 0.732. The Labute approximate surface area is 103 Å². The van der Waals surface area contributed by atoms with Gasteiger partial charge in [-0.3, -0.25) is 4.79 Å². The van der Waals surface area contributed by atoms with E-state index in [1.54, 1.807) is 18.1 Å². The third-order valence-corrected chi connectivity index (χ3v) is 2.39. The molecule has 1 heterocycles. The normalized spacial score (nSPS) is 10.1. The number of halogens is 1. The monoisotopic (exact) mass is 287 g/mol. The SMILES string of the molecule is COCCN(CCBr)C(=O)c1ccnnc1. The summed E-state index contributed by atoms with van der Waals surface area (Å²) in [7, 11) is 1.62. The molecule has 1 rings (SSSR count). The van der Waals surface area contributed by atoms with E-state index in [1.807, 2.05) is 0 Å². The number of hydrogen-bond donors (Lipinski definition) is 0. The molecule has 1 amide bonds. The molecule has 1 aromatic heterocycles. The van der Waals surface area contributed by atoms with E-state index >= 15 is 0 Å². The minimum absolute atomic E-state index is 0.0496. The van der Waals surface area contributed by atoms with Crippen molar-refractivity contribution in [2.24, 2.45) is 0 Å². The van der Waals surface area contributed by atoms with Gasteiger partial charge in [-0.05, 0) is 6.07 Å². The average molecular weight is 288 g/mol. The van der Waals surface area contributed by atoms with Gasteiger partial charge in [0.15, 0.2) is 0 Å². The summed E-state index contributed by atoms with van der Waals surface area (Å²) in [5, 5.41) is 8.07. The fourth-order valence-electron chi connectivity index (χ4n) is 1.22. The Hall–Kier alpha value is -1.01. The molecule has 0 N–H and O–H groups in total. The lowest BCUT2D eigenvalue weighted by Gasteiger charge is -2.21. The lowest BCUT2D eigenvalue weighted by atomic mass is 10.2. The van der Waals surface area contributed by atoms with Gasteiger partial charge < -0.3 is 9.64 Å². The molecule has 0 aliphatic heterocycles. The Morgan fingerprint density at radius 3 is 2.88 bits per heavy atom. The molecule has 5 nitrogen and oxygen atoms in total. The minimum Gasteiger partial charge on any atom is -0.383 e. The smallest absolute Gasteiger partial charge is 0.255 e. The topological polar surface area (TPSA) is 55.3 Å². The van der Waals surface area contributed by atoms with E-state index in [4.69, 9.17) is 4.74 Å². The molecule has 0 saturated heterocycles. The van der Waals surface area contributed by atoms with Gasteiger partial charge in [-0.25, -0.2) is 0 Å². The second-order valence-electron chi connectivity index (χ2n) is 3.11. The molecule has 0 saturated carbocycles. The van der Waals surface area contributed by atoms with Crippen LogP contribution in [0.4, 0.5) is 0 Å². The van der Waals surface area contributed by atoms with Crippen molar-refractivity contribution in [1.82, 2.24) is 15.1 Å². The van der Waals surface area contributed by atoms with Crippen LogP contribution in [0.3, 0.4) is 0 Å². The predicted molar refractivity (Wildman–Crippen MR) is 63.6 cm³/mol. The number of aromatic nitrogens is 2. The van der Waals surface area contributed by atoms with Crippen LogP contribution in [-0.4, -0.2) is 53.1 Å². The van der Waals surface area contributed by atoms with Crippen LogP contribution in [0, 0.1) is 0 Å². The summed E-state index contributed by atoms with van der Waals surface area (Å²) in [6, 6.07) is 1.66. The van der Waals surface area contributed by atoms with Crippen molar-refractivity contribution >= 4 is 21.8 Å². The highest BCUT2D eigenvalue weighted by Crippen LogP contribution is 2.03. The Kier molecular flexibility index (Phi) is 5.95. The second-order valence-corrected chi connectivity index (χ2v) is 3.90. The zero-order valence-corrected chi connectivity index (χ0v) is 10.7. The Morgan fingerprint density at radius 1 is 1.50 bits per heavy atom. The number of ether oxygens (including phenoxy) is 1. The Bertz CT molecular complexity index is 321. The van der Waals surface area contributed by atoms with Crippen LogP contribution < -0.4 is 0 Å². The first-order chi connectivity index (χ1) is 7.79. The Morgan fingerprint density at radius 2 is 2.31 bits per heavy atom. The van der Waals surface area contributed by atoms with E-state index in [0.29, 0.717) is 25.3 Å². The summed E-state index contributed by atoms with van der Waals surface area (Å²) in [6.45, 7) is 1.74. The number of amides is 1. The molecule has 0 bridgehead atoms. The van der Waals surface area contributed by atoms with E-state index in [-0.39, 0.29) is 5.91 Å². The summed E-state index contributed by atoms with van der Waals surface area (Å²) in [5.41, 5.74) is 0.548. The summed E-state index contributed by atoms with van der Waals surface area (Å²) in [4.78, 5) is 13.7. The fraction of sp³-hybridized carbons (Fsp3) is 0.500. The molecule has 16 heavy (non-hydrogen) atoms. The molecule has 88 valence electrons. The number of carbonyl (C=O) groups excluding carboxylic acids is 1. The van der Waals surface area contributed by atoms with Crippen LogP contribution in [0.15, 0.2) is 18.5 Å². The predicted octanol–water partition coefficient (Wildman–Crippen LogP) is 0.960. The third kappa shape index (κ3) is 3.86. The molecule has 0 radical (unpaired) electrons. The summed E-state index contributed by atoms with van der Waals surface area (Å²) in [6.07, 6.45) is 2.98. The van der Waals surface area contributed by atoms with Crippen LogP contribution in [0.2, 0.25) is 0 Å². The maximum absolute atomic E-state index is 12.0. The molecular formula is C10H14BrN3O2. The maximum Gasteiger partial charge on any atom is 0.255 e. The van der Waals surface area contributed by atoms with Gasteiger partial charge >= 0.3 is 0 Å². The van der Waals surface area contributed by atoms with Crippen molar-refractivity contribution in [2.75, 3.05) is 32.1 Å². The van der Waals surface area contributed by atoms with Gasteiger partial charge in [0.1, 0.15) is 0 Å². The van der Waals surface area contributed by atoms with Gasteiger partial charge in [0.2, 0.25) is 0 Å². The minimum atomic E-state index is -0.0496. The van der Waals surface area contributed by atoms with Crippen molar-refractivity contribution in [2.45, 2.75) is 0 Å². The zero-order chi connectivity index (χ0) is 11.8. The number of carbonyl (C=O) groups is 1. The molecule has 0 atom stereocenters. The molecule has 0 fully saturated rings. The first-order valence-electron chi connectivity index (χ1n) is 4.90. The number of alkyl halides is 1. The second kappa shape index (κ2) is 7.29. The van der Waals surface area contributed by atoms with Crippen LogP contribution in [0.25, 0.3) is 0 Å². The first kappa shape index (κ1) is 13.1. The van der Waals surface area contributed by atoms with E-state index in [9.17, 15) is 4.79 Å². The number of rotatable bonds is 6. The van der Waals surface area contributed by atoms with Crippen LogP contribution in [0.5, 0.6) is 0 Å². The van der Waals surface area contributed by atoms with Gasteiger partial charge in [0, 0.05) is 25.5 Å². The van der Waals surface area contributed by atoms with Crippen molar-refractivity contribution in [3.63, 3.8) is 0 Å². The van der Waals surface area contributed by atoms with E-state index in [1.165, 1.54) is 12.4 Å². The van der Waals surface area contributed by atoms with Gasteiger partial charge in [0.05, 0.1) is 24.6 Å². The van der Waals surface area contributed by atoms with Crippen molar-refractivity contribution in [3.05, 3.63) is 24.0 Å². The van der Waals surface area contributed by atoms with E-state index in [0.717, 1.165) is 5.33 Å². The average Bonchev–Trinajstić information content (AvgIpc) is 2.35. The fourth-order valence-corrected chi connectivity index (χ4v) is 1.65. The summed E-state index contributed by atoms with van der Waals surface area (Å²) < 4.78 is 4.97. The largest absolute Gasteiger partial charge is 0.383 e. The van der Waals surface area contributed by atoms with Gasteiger partial charge in [-0.1, -0.05) is 15.9 Å². The lowest BCUT2D eigenvalue weighted by molar-refractivity contribution is 0.0708. The molecule has 0 aliphatic rings. The molecule has 6 heteroatoms. The van der Waals surface area contributed by atoms with E-state index < -0.39 is 0 Å². The van der Waals surface area contributed by atoms with E-state index in [2.05, 4.69) is 26.1 Å². The van der Waals surface area contributed by atoms with Gasteiger partial charge in [-0.2, -0.15) is 10.2 Å². The molecule has 0 unspecified atom stereocenters. The molecule has 1 aromatic rings. The third-order valence-electron chi connectivity index (χ3n) is 2.04. The van der Waals surface area contributed by atoms with Crippen molar-refractivity contribution in [1.29, 1.82) is 0 Å². The molecular weight excluding hydrogens is 274 g/mol.